The third kappa shape index (κ3) is 4.51. The molecule has 1 aromatic carbocycles. The van der Waals surface area contributed by atoms with Crippen LogP contribution in [0.5, 0.6) is 0 Å². The van der Waals surface area contributed by atoms with Gasteiger partial charge in [0.15, 0.2) is 5.65 Å². The van der Waals surface area contributed by atoms with Gasteiger partial charge in [0.1, 0.15) is 17.3 Å². The lowest BCUT2D eigenvalue weighted by molar-refractivity contribution is 0.199. The molecule has 7 nitrogen and oxygen atoms in total. The minimum absolute atomic E-state index is 0.111. The average Bonchev–Trinajstić information content (AvgIpc) is 3.51. The third-order valence-corrected chi connectivity index (χ3v) is 7.13. The van der Waals surface area contributed by atoms with Gasteiger partial charge >= 0.3 is 0 Å². The van der Waals surface area contributed by atoms with Crippen LogP contribution in [0.4, 0.5) is 10.2 Å². The molecule has 180 valence electrons. The summed E-state index contributed by atoms with van der Waals surface area (Å²) in [6.45, 7) is 3.65. The first kappa shape index (κ1) is 22.1. The summed E-state index contributed by atoms with van der Waals surface area (Å²) in [5.74, 6) is 0.661. The van der Waals surface area contributed by atoms with Crippen molar-refractivity contribution in [2.75, 3.05) is 24.5 Å². The number of nitrogens with zero attached hydrogens (tertiary/aromatic N) is 6. The fourth-order valence-electron chi connectivity index (χ4n) is 5.47. The van der Waals surface area contributed by atoms with Gasteiger partial charge in [-0.25, -0.2) is 18.9 Å². The van der Waals surface area contributed by atoms with Gasteiger partial charge in [-0.1, -0.05) is 18.2 Å². The Bertz CT molecular complexity index is 1340. The van der Waals surface area contributed by atoms with Gasteiger partial charge in [-0.2, -0.15) is 0 Å². The minimum Gasteiger partial charge on any atom is -0.348 e. The molecule has 3 aromatic heterocycles. The second-order valence-corrected chi connectivity index (χ2v) is 9.66. The lowest BCUT2D eigenvalue weighted by atomic mass is 10.0. The van der Waals surface area contributed by atoms with Gasteiger partial charge in [0.2, 0.25) is 0 Å². The number of nitrogens with two attached hydrogens (primary N) is 1. The quantitative estimate of drug-likeness (QED) is 0.470. The number of imidazole rings is 1. The van der Waals surface area contributed by atoms with E-state index < -0.39 is 0 Å². The number of rotatable bonds is 5. The molecule has 0 radical (unpaired) electrons. The summed E-state index contributed by atoms with van der Waals surface area (Å²) in [5, 5.41) is 4.97. The average molecular weight is 472 g/mol. The number of hydrogen-bond acceptors (Lipinski definition) is 6. The maximum absolute atomic E-state index is 13.9. The molecule has 2 unspecified atom stereocenters. The molecular weight excluding hydrogens is 441 g/mol. The third-order valence-electron chi connectivity index (χ3n) is 7.13. The van der Waals surface area contributed by atoms with E-state index in [2.05, 4.69) is 20.9 Å². The molecule has 2 fully saturated rings. The molecule has 0 aliphatic carbocycles. The summed E-state index contributed by atoms with van der Waals surface area (Å²) < 4.78 is 15.8. The number of hydrogen-bond donors (Lipinski definition) is 1. The molecule has 0 spiro atoms. The van der Waals surface area contributed by atoms with Crippen LogP contribution in [0.1, 0.15) is 43.0 Å². The SMILES string of the molecule is NC1CCCN(Cc2cccc(-c3cnc4ccc(N5CCCC5c5cccc(F)c5)nn34)n2)C1. The number of likely N-dealkylation sites (tertiary alicyclic amines) is 1. The van der Waals surface area contributed by atoms with E-state index in [1.165, 1.54) is 6.07 Å². The van der Waals surface area contributed by atoms with E-state index >= 15 is 0 Å². The number of pyridine rings is 1. The lowest BCUT2D eigenvalue weighted by Gasteiger charge is -2.30. The van der Waals surface area contributed by atoms with Crippen molar-refractivity contribution in [2.45, 2.75) is 44.3 Å². The summed E-state index contributed by atoms with van der Waals surface area (Å²) in [6.07, 6.45) is 6.08. The van der Waals surface area contributed by atoms with Crippen molar-refractivity contribution in [3.63, 3.8) is 0 Å². The molecule has 2 aliphatic rings. The number of piperidine rings is 1. The van der Waals surface area contributed by atoms with Crippen LogP contribution in [-0.4, -0.2) is 50.2 Å². The Morgan fingerprint density at radius 2 is 1.89 bits per heavy atom. The first-order valence-corrected chi connectivity index (χ1v) is 12.5. The smallest absolute Gasteiger partial charge is 0.154 e. The minimum atomic E-state index is -0.202. The van der Waals surface area contributed by atoms with Crippen LogP contribution in [0.15, 0.2) is 60.8 Å². The van der Waals surface area contributed by atoms with Crippen LogP contribution in [0.3, 0.4) is 0 Å². The molecule has 2 atom stereocenters. The van der Waals surface area contributed by atoms with Crippen LogP contribution in [-0.2, 0) is 6.54 Å². The summed E-state index contributed by atoms with van der Waals surface area (Å²) in [7, 11) is 0. The van der Waals surface area contributed by atoms with Crippen LogP contribution in [0.25, 0.3) is 17.0 Å². The number of benzene rings is 1. The van der Waals surface area contributed by atoms with Gasteiger partial charge in [-0.05, 0) is 74.2 Å². The molecular formula is C27H30FN7. The van der Waals surface area contributed by atoms with Crippen LogP contribution >= 0.6 is 0 Å². The predicted molar refractivity (Wildman–Crippen MR) is 134 cm³/mol. The van der Waals surface area contributed by atoms with Gasteiger partial charge in [0, 0.05) is 25.7 Å². The highest BCUT2D eigenvalue weighted by Crippen LogP contribution is 2.35. The monoisotopic (exact) mass is 471 g/mol. The fourth-order valence-corrected chi connectivity index (χ4v) is 5.47. The van der Waals surface area contributed by atoms with Crippen molar-refractivity contribution in [3.05, 3.63) is 77.9 Å². The molecule has 5 heterocycles. The summed E-state index contributed by atoms with van der Waals surface area (Å²) in [6, 6.07) is 17.4. The first-order valence-electron chi connectivity index (χ1n) is 12.5. The molecule has 6 rings (SSSR count). The Balaban J connectivity index is 1.30. The zero-order valence-corrected chi connectivity index (χ0v) is 19.7. The van der Waals surface area contributed by atoms with E-state index in [-0.39, 0.29) is 17.9 Å². The van der Waals surface area contributed by atoms with Crippen molar-refractivity contribution >= 4 is 11.5 Å². The van der Waals surface area contributed by atoms with Gasteiger partial charge in [0.25, 0.3) is 0 Å². The Kier molecular flexibility index (Phi) is 5.91. The lowest BCUT2D eigenvalue weighted by Crippen LogP contribution is -2.42. The van der Waals surface area contributed by atoms with Crippen molar-refractivity contribution in [2.24, 2.45) is 5.73 Å². The van der Waals surface area contributed by atoms with Crippen molar-refractivity contribution in [1.29, 1.82) is 0 Å². The topological polar surface area (TPSA) is 75.6 Å². The van der Waals surface area contributed by atoms with Crippen LogP contribution in [0, 0.1) is 5.82 Å². The molecule has 2 N–H and O–H groups in total. The van der Waals surface area contributed by atoms with E-state index in [4.69, 9.17) is 15.8 Å². The van der Waals surface area contributed by atoms with Crippen molar-refractivity contribution in [3.8, 4) is 11.4 Å². The van der Waals surface area contributed by atoms with E-state index in [0.29, 0.717) is 0 Å². The summed E-state index contributed by atoms with van der Waals surface area (Å²) in [4.78, 5) is 14.2. The maximum atomic E-state index is 13.9. The van der Waals surface area contributed by atoms with E-state index in [1.807, 2.05) is 41.0 Å². The highest BCUT2D eigenvalue weighted by Gasteiger charge is 2.28. The van der Waals surface area contributed by atoms with E-state index in [1.54, 1.807) is 12.1 Å². The molecule has 2 aliphatic heterocycles. The standard InChI is InChI=1S/C27H30FN7/c28-20-6-1-5-19(15-20)24-10-4-14-34(24)27-12-11-26-30-16-25(35(26)32-27)23-9-2-8-22(31-23)18-33-13-3-7-21(29)17-33/h1-2,5-6,8-9,11-12,15-16,21,24H,3-4,7,10,13-14,17-18,29H2. The zero-order valence-electron chi connectivity index (χ0n) is 19.7. The van der Waals surface area contributed by atoms with E-state index in [0.717, 1.165) is 86.0 Å². The van der Waals surface area contributed by atoms with Gasteiger partial charge < -0.3 is 10.6 Å². The molecule has 0 bridgehead atoms. The largest absolute Gasteiger partial charge is 0.348 e. The van der Waals surface area contributed by atoms with E-state index in [9.17, 15) is 4.39 Å². The molecule has 8 heteroatoms. The molecule has 2 saturated heterocycles. The van der Waals surface area contributed by atoms with Gasteiger partial charge in [-0.15, -0.1) is 5.10 Å². The number of anilines is 1. The normalized spacial score (nSPS) is 21.1. The van der Waals surface area contributed by atoms with Crippen LogP contribution < -0.4 is 10.6 Å². The number of aromatic nitrogens is 4. The molecule has 4 aromatic rings. The van der Waals surface area contributed by atoms with Crippen molar-refractivity contribution < 1.29 is 4.39 Å². The highest BCUT2D eigenvalue weighted by atomic mass is 19.1. The second kappa shape index (κ2) is 9.36. The Morgan fingerprint density at radius 1 is 1.00 bits per heavy atom. The second-order valence-electron chi connectivity index (χ2n) is 9.66. The Morgan fingerprint density at radius 3 is 2.77 bits per heavy atom. The highest BCUT2D eigenvalue weighted by molar-refractivity contribution is 5.61. The molecule has 35 heavy (non-hydrogen) atoms. The number of halogens is 1. The zero-order chi connectivity index (χ0) is 23.8. The Labute approximate surface area is 204 Å². The summed E-state index contributed by atoms with van der Waals surface area (Å²) in [5.41, 5.74) is 10.7. The molecule has 0 amide bonds. The van der Waals surface area contributed by atoms with Crippen LogP contribution in [0.2, 0.25) is 0 Å². The maximum Gasteiger partial charge on any atom is 0.154 e. The van der Waals surface area contributed by atoms with Gasteiger partial charge in [0.05, 0.1) is 23.6 Å². The first-order chi connectivity index (χ1) is 17.1. The molecule has 0 saturated carbocycles. The van der Waals surface area contributed by atoms with Crippen molar-refractivity contribution in [1.82, 2.24) is 24.5 Å². The fraction of sp³-hybridized carbons (Fsp3) is 0.370. The summed E-state index contributed by atoms with van der Waals surface area (Å²) >= 11 is 0. The predicted octanol–water partition coefficient (Wildman–Crippen LogP) is 4.20. The number of fused-ring (bicyclic) bond motifs is 1. The van der Waals surface area contributed by atoms with Gasteiger partial charge in [-0.3, -0.25) is 4.90 Å². The Hall–Kier alpha value is -3.36.